The molecule has 6 nitrogen and oxygen atoms in total. The molecular formula is C17H22F3IN4O2S. The molecule has 0 aliphatic rings. The lowest BCUT2D eigenvalue weighted by Gasteiger charge is -2.12. The van der Waals surface area contributed by atoms with Crippen LogP contribution in [0.5, 0.6) is 11.5 Å². The van der Waals surface area contributed by atoms with Gasteiger partial charge in [0.25, 0.3) is 0 Å². The highest BCUT2D eigenvalue weighted by molar-refractivity contribution is 14.0. The maximum absolute atomic E-state index is 12.6. The Kier molecular flexibility index (Phi) is 10.4. The number of thiazole rings is 1. The minimum absolute atomic E-state index is 0. The van der Waals surface area contributed by atoms with E-state index in [2.05, 4.69) is 20.6 Å². The number of guanidine groups is 1. The summed E-state index contributed by atoms with van der Waals surface area (Å²) in [6.07, 6.45) is -4.43. The molecule has 156 valence electrons. The lowest BCUT2D eigenvalue weighted by Crippen LogP contribution is -2.39. The Labute approximate surface area is 182 Å². The molecule has 0 saturated heterocycles. The molecule has 2 rings (SSSR count). The molecule has 0 unspecified atom stereocenters. The fourth-order valence-corrected chi connectivity index (χ4v) is 2.74. The molecule has 11 heteroatoms. The van der Waals surface area contributed by atoms with Gasteiger partial charge in [-0.25, -0.2) is 9.98 Å². The minimum atomic E-state index is -4.43. The first-order valence-electron chi connectivity index (χ1n) is 8.23. The van der Waals surface area contributed by atoms with Crippen molar-refractivity contribution in [1.82, 2.24) is 15.6 Å². The van der Waals surface area contributed by atoms with Gasteiger partial charge in [0.1, 0.15) is 23.1 Å². The minimum Gasteiger partial charge on any atom is -0.497 e. The van der Waals surface area contributed by atoms with Crippen LogP contribution >= 0.6 is 35.3 Å². The third-order valence-corrected chi connectivity index (χ3v) is 4.12. The third-order valence-electron chi connectivity index (χ3n) is 3.28. The Morgan fingerprint density at radius 2 is 1.86 bits per heavy atom. The van der Waals surface area contributed by atoms with E-state index >= 15 is 0 Å². The number of nitrogens with one attached hydrogen (secondary N) is 2. The van der Waals surface area contributed by atoms with E-state index in [4.69, 9.17) is 9.47 Å². The monoisotopic (exact) mass is 530 g/mol. The van der Waals surface area contributed by atoms with Gasteiger partial charge in [0.15, 0.2) is 11.7 Å². The van der Waals surface area contributed by atoms with Crippen molar-refractivity contribution >= 4 is 41.3 Å². The van der Waals surface area contributed by atoms with Crippen molar-refractivity contribution in [3.05, 3.63) is 40.3 Å². The number of aromatic nitrogens is 1. The average Bonchev–Trinajstić information content (AvgIpc) is 3.13. The second kappa shape index (κ2) is 11.9. The summed E-state index contributed by atoms with van der Waals surface area (Å²) < 4.78 is 48.4. The van der Waals surface area contributed by atoms with Crippen molar-refractivity contribution in [1.29, 1.82) is 0 Å². The van der Waals surface area contributed by atoms with Crippen LogP contribution in [0.3, 0.4) is 0 Å². The van der Waals surface area contributed by atoms with E-state index in [-0.39, 0.29) is 30.5 Å². The fourth-order valence-electron chi connectivity index (χ4n) is 2.01. The van der Waals surface area contributed by atoms with E-state index in [1.807, 2.05) is 6.92 Å². The molecule has 1 aromatic carbocycles. The first-order valence-corrected chi connectivity index (χ1v) is 9.11. The van der Waals surface area contributed by atoms with Gasteiger partial charge >= 0.3 is 6.18 Å². The zero-order valence-corrected chi connectivity index (χ0v) is 18.5. The summed E-state index contributed by atoms with van der Waals surface area (Å²) in [5, 5.41) is 7.38. The smallest absolute Gasteiger partial charge is 0.434 e. The van der Waals surface area contributed by atoms with Crippen molar-refractivity contribution in [2.45, 2.75) is 19.6 Å². The number of halogens is 4. The number of rotatable bonds is 8. The molecule has 28 heavy (non-hydrogen) atoms. The summed E-state index contributed by atoms with van der Waals surface area (Å²) in [5.74, 6) is 1.94. The Bertz CT molecular complexity index is 739. The van der Waals surface area contributed by atoms with E-state index in [1.54, 1.807) is 31.4 Å². The van der Waals surface area contributed by atoms with Crippen LogP contribution < -0.4 is 20.1 Å². The first kappa shape index (κ1) is 24.3. The highest BCUT2D eigenvalue weighted by Crippen LogP contribution is 2.30. The number of ether oxygens (including phenoxy) is 2. The molecule has 0 aliphatic carbocycles. The zero-order chi connectivity index (χ0) is 19.7. The number of hydrogen-bond acceptors (Lipinski definition) is 5. The van der Waals surface area contributed by atoms with Gasteiger partial charge in [0.05, 0.1) is 20.2 Å². The van der Waals surface area contributed by atoms with Gasteiger partial charge in [-0.3, -0.25) is 0 Å². The Hall–Kier alpha value is -1.76. The molecule has 0 bridgehead atoms. The van der Waals surface area contributed by atoms with Crippen LogP contribution in [0.25, 0.3) is 0 Å². The van der Waals surface area contributed by atoms with Gasteiger partial charge in [-0.2, -0.15) is 13.2 Å². The van der Waals surface area contributed by atoms with Crippen LogP contribution in [0.15, 0.2) is 34.6 Å². The van der Waals surface area contributed by atoms with E-state index < -0.39 is 11.9 Å². The first-order chi connectivity index (χ1) is 12.9. The van der Waals surface area contributed by atoms with Gasteiger partial charge in [0.2, 0.25) is 0 Å². The molecule has 1 aromatic heterocycles. The van der Waals surface area contributed by atoms with Crippen molar-refractivity contribution in [2.75, 3.05) is 26.8 Å². The molecule has 0 fully saturated rings. The average molecular weight is 530 g/mol. The van der Waals surface area contributed by atoms with Gasteiger partial charge < -0.3 is 20.1 Å². The summed E-state index contributed by atoms with van der Waals surface area (Å²) >= 11 is 0.936. The maximum Gasteiger partial charge on any atom is 0.434 e. The van der Waals surface area contributed by atoms with Gasteiger partial charge in [0, 0.05) is 11.9 Å². The number of nitrogens with zero attached hydrogens (tertiary/aromatic N) is 2. The largest absolute Gasteiger partial charge is 0.497 e. The molecule has 0 aliphatic heterocycles. The van der Waals surface area contributed by atoms with Crippen LogP contribution in [0, 0.1) is 0 Å². The van der Waals surface area contributed by atoms with E-state index in [0.717, 1.165) is 22.5 Å². The molecule has 0 atom stereocenters. The van der Waals surface area contributed by atoms with E-state index in [1.165, 1.54) is 0 Å². The third kappa shape index (κ3) is 8.09. The van der Waals surface area contributed by atoms with Crippen molar-refractivity contribution in [3.63, 3.8) is 0 Å². The van der Waals surface area contributed by atoms with Crippen LogP contribution in [0.1, 0.15) is 17.6 Å². The molecule has 0 spiro atoms. The van der Waals surface area contributed by atoms with Crippen LogP contribution in [0.2, 0.25) is 0 Å². The van der Waals surface area contributed by atoms with Crippen LogP contribution in [-0.2, 0) is 12.7 Å². The Morgan fingerprint density at radius 1 is 1.18 bits per heavy atom. The van der Waals surface area contributed by atoms with Gasteiger partial charge in [-0.15, -0.1) is 35.3 Å². The van der Waals surface area contributed by atoms with Gasteiger partial charge in [-0.1, -0.05) is 0 Å². The normalized spacial score (nSPS) is 11.5. The van der Waals surface area contributed by atoms with Crippen molar-refractivity contribution in [2.24, 2.45) is 4.99 Å². The summed E-state index contributed by atoms with van der Waals surface area (Å²) in [6, 6.07) is 7.21. The summed E-state index contributed by atoms with van der Waals surface area (Å²) in [6.45, 7) is 3.46. The highest BCUT2D eigenvalue weighted by Gasteiger charge is 2.33. The quantitative estimate of drug-likeness (QED) is 0.235. The van der Waals surface area contributed by atoms with E-state index in [9.17, 15) is 13.2 Å². The maximum atomic E-state index is 12.6. The molecular weight excluding hydrogens is 508 g/mol. The molecule has 2 N–H and O–H groups in total. The van der Waals surface area contributed by atoms with Gasteiger partial charge in [-0.05, 0) is 31.2 Å². The standard InChI is InChI=1S/C17H21F3N4O2S.HI/c1-3-21-16(23-10-15-24-14(11-27-15)17(18,19)20)22-8-9-26-13-6-4-12(25-2)5-7-13;/h4-7,11H,3,8-10H2,1-2H3,(H2,21,22,23);1H. The second-order valence-corrected chi connectivity index (χ2v) is 6.21. The topological polar surface area (TPSA) is 67.8 Å². The summed E-state index contributed by atoms with van der Waals surface area (Å²) in [5.41, 5.74) is -0.886. The van der Waals surface area contributed by atoms with E-state index in [0.29, 0.717) is 36.4 Å². The van der Waals surface area contributed by atoms with Crippen LogP contribution in [-0.4, -0.2) is 37.7 Å². The molecule has 0 amide bonds. The SMILES string of the molecule is CCNC(=NCc1nc(C(F)(F)F)cs1)NCCOc1ccc(OC)cc1.I. The molecule has 0 saturated carbocycles. The summed E-state index contributed by atoms with van der Waals surface area (Å²) in [4.78, 5) is 7.81. The fraction of sp³-hybridized carbons (Fsp3) is 0.412. The van der Waals surface area contributed by atoms with Crippen LogP contribution in [0.4, 0.5) is 13.2 Å². The lowest BCUT2D eigenvalue weighted by molar-refractivity contribution is -0.140. The van der Waals surface area contributed by atoms with Crippen molar-refractivity contribution in [3.8, 4) is 11.5 Å². The molecule has 2 aromatic rings. The highest BCUT2D eigenvalue weighted by atomic mass is 127. The lowest BCUT2D eigenvalue weighted by atomic mass is 10.3. The number of aliphatic imine (C=N–C) groups is 1. The molecule has 0 radical (unpaired) electrons. The number of benzene rings is 1. The Balaban J connectivity index is 0.00000392. The predicted molar refractivity (Wildman–Crippen MR) is 114 cm³/mol. The Morgan fingerprint density at radius 3 is 2.43 bits per heavy atom. The number of hydrogen-bond donors (Lipinski definition) is 2. The summed E-state index contributed by atoms with van der Waals surface area (Å²) in [7, 11) is 1.59. The zero-order valence-electron chi connectivity index (χ0n) is 15.4. The second-order valence-electron chi connectivity index (χ2n) is 5.27. The molecule has 1 heterocycles. The predicted octanol–water partition coefficient (Wildman–Crippen LogP) is 3.92. The number of alkyl halides is 3. The van der Waals surface area contributed by atoms with Crippen molar-refractivity contribution < 1.29 is 22.6 Å². The number of methoxy groups -OCH3 is 1.